The van der Waals surface area contributed by atoms with Gasteiger partial charge in [0.25, 0.3) is 0 Å². The van der Waals surface area contributed by atoms with Gasteiger partial charge in [0.1, 0.15) is 17.9 Å². The van der Waals surface area contributed by atoms with Crippen LogP contribution in [-0.4, -0.2) is 82.7 Å². The van der Waals surface area contributed by atoms with Crippen molar-refractivity contribution in [1.82, 2.24) is 14.7 Å². The molecule has 1 N–H and O–H groups in total. The van der Waals surface area contributed by atoms with Crippen molar-refractivity contribution in [2.45, 2.75) is 50.3 Å². The Balaban J connectivity index is 1.39. The summed E-state index contributed by atoms with van der Waals surface area (Å²) < 4.78 is 5.92. The molecule has 1 aliphatic carbocycles. The summed E-state index contributed by atoms with van der Waals surface area (Å²) in [6, 6.07) is 8.72. The summed E-state index contributed by atoms with van der Waals surface area (Å²) in [6.07, 6.45) is 3.57. The SMILES string of the molecule is N#Cc1ccc(O[C@H]2C[C@H](C(=O)N3CCCN(C4CCC4)CC3)N(C(=O)O)C2)cc1. The highest BCUT2D eigenvalue weighted by Gasteiger charge is 2.43. The van der Waals surface area contributed by atoms with Gasteiger partial charge in [-0.25, -0.2) is 4.79 Å². The van der Waals surface area contributed by atoms with Crippen molar-refractivity contribution in [3.05, 3.63) is 29.8 Å². The third-order valence-electron chi connectivity index (χ3n) is 6.51. The van der Waals surface area contributed by atoms with E-state index in [9.17, 15) is 14.7 Å². The van der Waals surface area contributed by atoms with E-state index >= 15 is 0 Å². The number of carbonyl (C=O) groups excluding carboxylic acids is 1. The van der Waals surface area contributed by atoms with E-state index in [4.69, 9.17) is 10.00 Å². The molecule has 2 amide bonds. The van der Waals surface area contributed by atoms with E-state index in [2.05, 4.69) is 11.0 Å². The normalized spacial score (nSPS) is 25.3. The number of benzene rings is 1. The van der Waals surface area contributed by atoms with Crippen molar-refractivity contribution in [3.63, 3.8) is 0 Å². The van der Waals surface area contributed by atoms with Crippen LogP contribution in [0.2, 0.25) is 0 Å². The van der Waals surface area contributed by atoms with Crippen LogP contribution in [0.25, 0.3) is 0 Å². The molecule has 8 heteroatoms. The molecule has 1 saturated carbocycles. The largest absolute Gasteiger partial charge is 0.488 e. The Labute approximate surface area is 176 Å². The predicted molar refractivity (Wildman–Crippen MR) is 109 cm³/mol. The highest BCUT2D eigenvalue weighted by atomic mass is 16.5. The molecule has 3 fully saturated rings. The first kappa shape index (κ1) is 20.5. The number of amides is 2. The topological polar surface area (TPSA) is 97.1 Å². The number of ether oxygens (including phenoxy) is 1. The zero-order valence-corrected chi connectivity index (χ0v) is 17.1. The molecule has 4 rings (SSSR count). The smallest absolute Gasteiger partial charge is 0.408 e. The van der Waals surface area contributed by atoms with Crippen molar-refractivity contribution >= 4 is 12.0 Å². The van der Waals surface area contributed by atoms with E-state index in [0.717, 1.165) is 19.5 Å². The van der Waals surface area contributed by atoms with E-state index in [1.165, 1.54) is 24.2 Å². The summed E-state index contributed by atoms with van der Waals surface area (Å²) in [7, 11) is 0. The molecule has 0 bridgehead atoms. The summed E-state index contributed by atoms with van der Waals surface area (Å²) in [5.41, 5.74) is 0.533. The van der Waals surface area contributed by atoms with Crippen LogP contribution in [0.3, 0.4) is 0 Å². The van der Waals surface area contributed by atoms with Crippen molar-refractivity contribution < 1.29 is 19.4 Å². The van der Waals surface area contributed by atoms with Crippen LogP contribution in [0.4, 0.5) is 4.79 Å². The first-order chi connectivity index (χ1) is 14.5. The van der Waals surface area contributed by atoms with Crippen LogP contribution in [-0.2, 0) is 4.79 Å². The maximum absolute atomic E-state index is 13.2. The Kier molecular flexibility index (Phi) is 6.09. The lowest BCUT2D eigenvalue weighted by Crippen LogP contribution is -2.49. The molecule has 0 aromatic heterocycles. The molecular weight excluding hydrogens is 384 g/mol. The van der Waals surface area contributed by atoms with Gasteiger partial charge in [0.05, 0.1) is 18.2 Å². The minimum absolute atomic E-state index is 0.112. The van der Waals surface area contributed by atoms with E-state index in [1.54, 1.807) is 24.3 Å². The molecule has 30 heavy (non-hydrogen) atoms. The van der Waals surface area contributed by atoms with Crippen molar-refractivity contribution in [2.24, 2.45) is 0 Å². The molecule has 2 atom stereocenters. The third-order valence-corrected chi connectivity index (χ3v) is 6.51. The molecule has 2 aliphatic heterocycles. The van der Waals surface area contributed by atoms with E-state index in [0.29, 0.717) is 36.9 Å². The minimum Gasteiger partial charge on any atom is -0.488 e. The number of hydrogen-bond acceptors (Lipinski definition) is 5. The van der Waals surface area contributed by atoms with E-state index in [-0.39, 0.29) is 18.6 Å². The van der Waals surface area contributed by atoms with Crippen molar-refractivity contribution in [3.8, 4) is 11.8 Å². The third kappa shape index (κ3) is 4.36. The summed E-state index contributed by atoms with van der Waals surface area (Å²) >= 11 is 0. The molecule has 1 aromatic rings. The average Bonchev–Trinajstić information content (AvgIpc) is 2.98. The highest BCUT2D eigenvalue weighted by Crippen LogP contribution is 2.27. The quantitative estimate of drug-likeness (QED) is 0.814. The number of hydrogen-bond donors (Lipinski definition) is 1. The van der Waals surface area contributed by atoms with Crippen molar-refractivity contribution in [2.75, 3.05) is 32.7 Å². The van der Waals surface area contributed by atoms with Crippen LogP contribution >= 0.6 is 0 Å². The van der Waals surface area contributed by atoms with E-state index < -0.39 is 12.1 Å². The standard InChI is InChI=1S/C22H28N4O4/c23-14-16-5-7-18(8-6-16)30-19-13-20(26(15-19)22(28)29)21(27)25-10-2-9-24(11-12-25)17-3-1-4-17/h5-8,17,19-20H,1-4,9-13,15H2,(H,28,29)/t19-,20+/m0/s1. The minimum atomic E-state index is -1.09. The van der Waals surface area contributed by atoms with Crippen molar-refractivity contribution in [1.29, 1.82) is 5.26 Å². The number of carbonyl (C=O) groups is 2. The van der Waals surface area contributed by atoms with Crippen LogP contribution in [0.5, 0.6) is 5.75 Å². The molecule has 0 spiro atoms. The maximum atomic E-state index is 13.2. The van der Waals surface area contributed by atoms with Gasteiger partial charge in [-0.05, 0) is 43.5 Å². The second-order valence-electron chi connectivity index (χ2n) is 8.36. The lowest BCUT2D eigenvalue weighted by atomic mass is 9.91. The van der Waals surface area contributed by atoms with Gasteiger partial charge in [-0.15, -0.1) is 0 Å². The second-order valence-corrected chi connectivity index (χ2v) is 8.36. The predicted octanol–water partition coefficient (Wildman–Crippen LogP) is 2.14. The summed E-state index contributed by atoms with van der Waals surface area (Å²) in [5, 5.41) is 18.6. The zero-order valence-electron chi connectivity index (χ0n) is 17.1. The Morgan fingerprint density at radius 1 is 1.07 bits per heavy atom. The summed E-state index contributed by atoms with van der Waals surface area (Å²) in [6.45, 7) is 3.36. The Morgan fingerprint density at radius 2 is 1.83 bits per heavy atom. The Morgan fingerprint density at radius 3 is 2.47 bits per heavy atom. The van der Waals surface area contributed by atoms with Crippen LogP contribution in [0.1, 0.15) is 37.7 Å². The Hall–Kier alpha value is -2.79. The van der Waals surface area contributed by atoms with Gasteiger partial charge in [0, 0.05) is 38.6 Å². The van der Waals surface area contributed by atoms with Crippen LogP contribution in [0.15, 0.2) is 24.3 Å². The summed E-state index contributed by atoms with van der Waals surface area (Å²) in [5.74, 6) is 0.460. The fourth-order valence-corrected chi connectivity index (χ4v) is 4.61. The molecular formula is C22H28N4O4. The molecule has 3 aliphatic rings. The molecule has 0 unspecified atom stereocenters. The monoisotopic (exact) mass is 412 g/mol. The fourth-order valence-electron chi connectivity index (χ4n) is 4.61. The fraction of sp³-hybridized carbons (Fsp3) is 0.591. The molecule has 160 valence electrons. The number of nitrogens with zero attached hydrogens (tertiary/aromatic N) is 4. The molecule has 8 nitrogen and oxygen atoms in total. The van der Waals surface area contributed by atoms with Gasteiger partial charge < -0.3 is 14.7 Å². The second kappa shape index (κ2) is 8.92. The van der Waals surface area contributed by atoms with Crippen LogP contribution < -0.4 is 4.74 Å². The lowest BCUT2D eigenvalue weighted by molar-refractivity contribution is -0.135. The molecule has 2 heterocycles. The highest BCUT2D eigenvalue weighted by molar-refractivity contribution is 5.86. The zero-order chi connectivity index (χ0) is 21.1. The molecule has 1 aromatic carbocycles. The van der Waals surface area contributed by atoms with Gasteiger partial charge in [0.15, 0.2) is 0 Å². The number of likely N-dealkylation sites (tertiary alicyclic amines) is 1. The summed E-state index contributed by atoms with van der Waals surface area (Å²) in [4.78, 5) is 30.5. The lowest BCUT2D eigenvalue weighted by Gasteiger charge is -2.36. The van der Waals surface area contributed by atoms with Gasteiger partial charge in [-0.1, -0.05) is 6.42 Å². The first-order valence-corrected chi connectivity index (χ1v) is 10.7. The Bertz CT molecular complexity index is 817. The number of carboxylic acid groups (broad SMARTS) is 1. The maximum Gasteiger partial charge on any atom is 0.408 e. The number of nitriles is 1. The number of rotatable bonds is 4. The molecule has 0 radical (unpaired) electrons. The molecule has 2 saturated heterocycles. The van der Waals surface area contributed by atoms with Gasteiger partial charge in [0.2, 0.25) is 5.91 Å². The van der Waals surface area contributed by atoms with Gasteiger partial charge in [-0.3, -0.25) is 14.6 Å². The van der Waals surface area contributed by atoms with Crippen LogP contribution in [0, 0.1) is 11.3 Å². The van der Waals surface area contributed by atoms with Gasteiger partial charge >= 0.3 is 6.09 Å². The average molecular weight is 412 g/mol. The van der Waals surface area contributed by atoms with E-state index in [1.807, 2.05) is 4.90 Å². The first-order valence-electron chi connectivity index (χ1n) is 10.7. The van der Waals surface area contributed by atoms with Gasteiger partial charge in [-0.2, -0.15) is 5.26 Å².